The number of benzene rings is 2. The third-order valence-electron chi connectivity index (χ3n) is 5.02. The number of nitrogens with zero attached hydrogens (tertiary/aromatic N) is 2. The fourth-order valence-electron chi connectivity index (χ4n) is 3.25. The molecular weight excluding hydrogens is 450 g/mol. The summed E-state index contributed by atoms with van der Waals surface area (Å²) in [5.74, 6) is -0.790. The van der Waals surface area contributed by atoms with Gasteiger partial charge in [0.25, 0.3) is 0 Å². The van der Waals surface area contributed by atoms with E-state index in [4.69, 9.17) is 11.6 Å². The first kappa shape index (κ1) is 25.7. The molecule has 2 rings (SSSR count). The van der Waals surface area contributed by atoms with Gasteiger partial charge >= 0.3 is 0 Å². The fraction of sp³-hybridized carbons (Fsp3) is 0.391. The molecule has 0 bridgehead atoms. The summed E-state index contributed by atoms with van der Waals surface area (Å²) in [7, 11) is -3.74. The van der Waals surface area contributed by atoms with Crippen LogP contribution in [-0.2, 0) is 26.2 Å². The van der Waals surface area contributed by atoms with Gasteiger partial charge in [0, 0.05) is 18.1 Å². The molecule has 1 N–H and O–H groups in total. The molecule has 2 aromatic rings. The van der Waals surface area contributed by atoms with E-state index in [1.54, 1.807) is 62.4 Å². The molecule has 1 atom stereocenters. The van der Waals surface area contributed by atoms with Crippen LogP contribution in [0.5, 0.6) is 0 Å². The number of anilines is 1. The highest BCUT2D eigenvalue weighted by atomic mass is 35.5. The van der Waals surface area contributed by atoms with Crippen molar-refractivity contribution in [2.24, 2.45) is 0 Å². The number of nitrogens with one attached hydrogen (secondary N) is 1. The monoisotopic (exact) mass is 479 g/mol. The quantitative estimate of drug-likeness (QED) is 0.566. The first-order valence-corrected chi connectivity index (χ1v) is 12.6. The summed E-state index contributed by atoms with van der Waals surface area (Å²) in [6.07, 6.45) is 1.82. The summed E-state index contributed by atoms with van der Waals surface area (Å²) in [6, 6.07) is 13.2. The van der Waals surface area contributed by atoms with E-state index < -0.39 is 28.5 Å². The van der Waals surface area contributed by atoms with Crippen molar-refractivity contribution < 1.29 is 18.0 Å². The van der Waals surface area contributed by atoms with Crippen molar-refractivity contribution in [2.75, 3.05) is 23.7 Å². The zero-order chi connectivity index (χ0) is 23.9. The Morgan fingerprint density at radius 1 is 1.12 bits per heavy atom. The van der Waals surface area contributed by atoms with E-state index in [9.17, 15) is 18.0 Å². The van der Waals surface area contributed by atoms with E-state index in [0.29, 0.717) is 17.3 Å². The van der Waals surface area contributed by atoms with Gasteiger partial charge in [-0.25, -0.2) is 8.42 Å². The van der Waals surface area contributed by atoms with Gasteiger partial charge in [-0.15, -0.1) is 0 Å². The summed E-state index contributed by atoms with van der Waals surface area (Å²) in [6.45, 7) is 5.53. The number of carbonyl (C=O) groups excluding carboxylic acids is 2. The van der Waals surface area contributed by atoms with Crippen molar-refractivity contribution in [2.45, 2.75) is 39.8 Å². The van der Waals surface area contributed by atoms with Gasteiger partial charge in [0.1, 0.15) is 12.6 Å². The Kier molecular flexibility index (Phi) is 9.09. The van der Waals surface area contributed by atoms with Gasteiger partial charge < -0.3 is 10.2 Å². The van der Waals surface area contributed by atoms with E-state index in [0.717, 1.165) is 28.1 Å². The normalized spacial score (nSPS) is 12.2. The molecule has 0 fully saturated rings. The number of para-hydroxylation sites is 1. The van der Waals surface area contributed by atoms with Crippen LogP contribution < -0.4 is 9.62 Å². The van der Waals surface area contributed by atoms with E-state index in [1.165, 1.54) is 4.90 Å². The molecule has 7 nitrogen and oxygen atoms in total. The van der Waals surface area contributed by atoms with Crippen molar-refractivity contribution in [1.29, 1.82) is 0 Å². The third-order valence-corrected chi connectivity index (χ3v) is 6.38. The molecule has 2 amide bonds. The predicted molar refractivity (Wildman–Crippen MR) is 128 cm³/mol. The van der Waals surface area contributed by atoms with Gasteiger partial charge in [-0.1, -0.05) is 48.9 Å². The number of amides is 2. The van der Waals surface area contributed by atoms with Crippen molar-refractivity contribution in [3.05, 3.63) is 64.7 Å². The standard InChI is InChI=1S/C23H30ClN3O4S/c1-5-13-25-23(29)18(3)26(15-19-10-8-11-20(24)14-19)22(28)16-27(32(4,30)31)21-12-7-6-9-17(21)2/h6-12,14,18H,5,13,15-16H2,1-4H3,(H,25,29). The Morgan fingerprint density at radius 2 is 1.81 bits per heavy atom. The Hall–Kier alpha value is -2.58. The summed E-state index contributed by atoms with van der Waals surface area (Å²) < 4.78 is 26.2. The number of hydrogen-bond acceptors (Lipinski definition) is 4. The summed E-state index contributed by atoms with van der Waals surface area (Å²) in [4.78, 5) is 27.4. The van der Waals surface area contributed by atoms with Crippen LogP contribution >= 0.6 is 11.6 Å². The van der Waals surface area contributed by atoms with Crippen LogP contribution in [0.15, 0.2) is 48.5 Å². The van der Waals surface area contributed by atoms with Gasteiger partial charge in [-0.05, 0) is 49.6 Å². The zero-order valence-corrected chi connectivity index (χ0v) is 20.4. The second-order valence-electron chi connectivity index (χ2n) is 7.67. The molecule has 1 unspecified atom stereocenters. The highest BCUT2D eigenvalue weighted by molar-refractivity contribution is 7.92. The molecule has 0 saturated carbocycles. The molecule has 9 heteroatoms. The fourth-order valence-corrected chi connectivity index (χ4v) is 4.37. The number of hydrogen-bond donors (Lipinski definition) is 1. The Morgan fingerprint density at radius 3 is 2.41 bits per heavy atom. The lowest BCUT2D eigenvalue weighted by Crippen LogP contribution is -2.51. The molecule has 0 aromatic heterocycles. The lowest BCUT2D eigenvalue weighted by molar-refractivity contribution is -0.139. The molecule has 32 heavy (non-hydrogen) atoms. The minimum atomic E-state index is -3.74. The van der Waals surface area contributed by atoms with Crippen LogP contribution in [-0.4, -0.2) is 50.5 Å². The number of aryl methyl sites for hydroxylation is 1. The molecule has 0 spiro atoms. The lowest BCUT2D eigenvalue weighted by Gasteiger charge is -2.32. The average molecular weight is 480 g/mol. The Balaban J connectivity index is 2.38. The van der Waals surface area contributed by atoms with E-state index >= 15 is 0 Å². The van der Waals surface area contributed by atoms with Gasteiger partial charge in [-0.3, -0.25) is 13.9 Å². The molecule has 0 heterocycles. The third kappa shape index (κ3) is 6.97. The molecule has 0 radical (unpaired) electrons. The van der Waals surface area contributed by atoms with Gasteiger partial charge in [0.2, 0.25) is 21.8 Å². The minimum Gasteiger partial charge on any atom is -0.354 e. The van der Waals surface area contributed by atoms with Crippen molar-refractivity contribution >= 4 is 39.1 Å². The van der Waals surface area contributed by atoms with Crippen molar-refractivity contribution in [3.8, 4) is 0 Å². The molecular formula is C23H30ClN3O4S. The highest BCUT2D eigenvalue weighted by Crippen LogP contribution is 2.23. The predicted octanol–water partition coefficient (Wildman–Crippen LogP) is 3.36. The molecule has 0 aliphatic carbocycles. The molecule has 174 valence electrons. The first-order chi connectivity index (χ1) is 15.0. The van der Waals surface area contributed by atoms with E-state index in [-0.39, 0.29) is 12.5 Å². The summed E-state index contributed by atoms with van der Waals surface area (Å²) in [5, 5.41) is 3.31. The lowest BCUT2D eigenvalue weighted by atomic mass is 10.1. The SMILES string of the molecule is CCCNC(=O)C(C)N(Cc1cccc(Cl)c1)C(=O)CN(c1ccccc1C)S(C)(=O)=O. The molecule has 0 aliphatic rings. The van der Waals surface area contributed by atoms with Crippen molar-refractivity contribution in [3.63, 3.8) is 0 Å². The second kappa shape index (κ2) is 11.3. The van der Waals surface area contributed by atoms with Gasteiger partial charge in [-0.2, -0.15) is 0 Å². The minimum absolute atomic E-state index is 0.117. The van der Waals surface area contributed by atoms with Crippen LogP contribution in [0.1, 0.15) is 31.4 Å². The van der Waals surface area contributed by atoms with Crippen LogP contribution in [0.4, 0.5) is 5.69 Å². The number of rotatable bonds is 10. The maximum atomic E-state index is 13.4. The van der Waals surface area contributed by atoms with Gasteiger partial charge in [0.05, 0.1) is 11.9 Å². The summed E-state index contributed by atoms with van der Waals surface area (Å²) in [5.41, 5.74) is 1.89. The first-order valence-electron chi connectivity index (χ1n) is 10.4. The van der Waals surface area contributed by atoms with Gasteiger partial charge in [0.15, 0.2) is 0 Å². The van der Waals surface area contributed by atoms with Crippen LogP contribution in [0.25, 0.3) is 0 Å². The second-order valence-corrected chi connectivity index (χ2v) is 10.0. The highest BCUT2D eigenvalue weighted by Gasteiger charge is 2.30. The topological polar surface area (TPSA) is 86.8 Å². The summed E-state index contributed by atoms with van der Waals surface area (Å²) >= 11 is 6.09. The zero-order valence-electron chi connectivity index (χ0n) is 18.8. The molecule has 2 aromatic carbocycles. The number of carbonyl (C=O) groups is 2. The van der Waals surface area contributed by atoms with Crippen LogP contribution in [0, 0.1) is 6.92 Å². The smallest absolute Gasteiger partial charge is 0.244 e. The Bertz CT molecular complexity index is 1060. The van der Waals surface area contributed by atoms with Crippen LogP contribution in [0.3, 0.4) is 0 Å². The van der Waals surface area contributed by atoms with E-state index in [1.807, 2.05) is 6.92 Å². The number of sulfonamides is 1. The maximum absolute atomic E-state index is 13.4. The maximum Gasteiger partial charge on any atom is 0.244 e. The van der Waals surface area contributed by atoms with Crippen molar-refractivity contribution in [1.82, 2.24) is 10.2 Å². The molecule has 0 aliphatic heterocycles. The Labute approximate surface area is 195 Å². The van der Waals surface area contributed by atoms with Crippen LogP contribution in [0.2, 0.25) is 5.02 Å². The van der Waals surface area contributed by atoms with E-state index in [2.05, 4.69) is 5.32 Å². The molecule has 0 saturated heterocycles. The average Bonchev–Trinajstić information content (AvgIpc) is 2.73. The number of halogens is 1. The largest absolute Gasteiger partial charge is 0.354 e.